The zero-order valence-corrected chi connectivity index (χ0v) is 13.7. The summed E-state index contributed by atoms with van der Waals surface area (Å²) >= 11 is 0. The molecule has 3 heteroatoms. The number of nitrogens with one attached hydrogen (secondary N) is 1. The molecule has 0 aliphatic heterocycles. The van der Waals surface area contributed by atoms with Crippen LogP contribution in [0.4, 0.5) is 0 Å². The standard InChI is InChI=1S/C20H22N2O/c1-14(2)20(23,19-12-21-13-22-19)18-6-4-5-17(11-18)16-9-7-15(3)8-10-16/h4-14,23H,1-3H3,(H,21,22). The topological polar surface area (TPSA) is 48.9 Å². The van der Waals surface area contributed by atoms with Crippen LogP contribution >= 0.6 is 0 Å². The fraction of sp³-hybridized carbons (Fsp3) is 0.250. The number of rotatable bonds is 4. The Morgan fingerprint density at radius 1 is 1.04 bits per heavy atom. The van der Waals surface area contributed by atoms with Crippen LogP contribution in [0.5, 0.6) is 0 Å². The van der Waals surface area contributed by atoms with E-state index in [1.165, 1.54) is 5.56 Å². The zero-order chi connectivity index (χ0) is 16.4. The number of hydrogen-bond acceptors (Lipinski definition) is 2. The minimum atomic E-state index is -1.09. The van der Waals surface area contributed by atoms with Crippen molar-refractivity contribution in [3.63, 3.8) is 0 Å². The fourth-order valence-electron chi connectivity index (χ4n) is 2.95. The molecule has 1 unspecified atom stereocenters. The van der Waals surface area contributed by atoms with Crippen molar-refractivity contribution in [2.24, 2.45) is 5.92 Å². The molecule has 3 nitrogen and oxygen atoms in total. The molecule has 0 amide bonds. The highest BCUT2D eigenvalue weighted by atomic mass is 16.3. The van der Waals surface area contributed by atoms with Gasteiger partial charge in [0.15, 0.2) is 0 Å². The Kier molecular flexibility index (Phi) is 4.05. The second kappa shape index (κ2) is 6.01. The Morgan fingerprint density at radius 2 is 1.78 bits per heavy atom. The molecule has 0 radical (unpaired) electrons. The van der Waals surface area contributed by atoms with Gasteiger partial charge in [0, 0.05) is 0 Å². The van der Waals surface area contributed by atoms with E-state index in [0.29, 0.717) is 5.69 Å². The van der Waals surface area contributed by atoms with E-state index in [4.69, 9.17) is 0 Å². The largest absolute Gasteiger partial charge is 0.379 e. The van der Waals surface area contributed by atoms with Gasteiger partial charge in [0.2, 0.25) is 0 Å². The maximum absolute atomic E-state index is 11.4. The first-order valence-electron chi connectivity index (χ1n) is 7.90. The van der Waals surface area contributed by atoms with Crippen LogP contribution in [0.1, 0.15) is 30.7 Å². The molecule has 0 saturated carbocycles. The van der Waals surface area contributed by atoms with Gasteiger partial charge < -0.3 is 10.1 Å². The lowest BCUT2D eigenvalue weighted by molar-refractivity contribution is 0.0280. The SMILES string of the molecule is Cc1ccc(-c2cccc(C(O)(c3cnc[nH]3)C(C)C)c2)cc1. The van der Waals surface area contributed by atoms with Gasteiger partial charge in [-0.3, -0.25) is 0 Å². The van der Waals surface area contributed by atoms with E-state index in [1.807, 2.05) is 26.0 Å². The Balaban J connectivity index is 2.09. The Bertz CT molecular complexity index is 776. The summed E-state index contributed by atoms with van der Waals surface area (Å²) in [7, 11) is 0. The summed E-state index contributed by atoms with van der Waals surface area (Å²) in [5.41, 5.74) is 3.98. The maximum Gasteiger partial charge on any atom is 0.133 e. The molecule has 0 saturated heterocycles. The summed E-state index contributed by atoms with van der Waals surface area (Å²) in [6.45, 7) is 6.11. The summed E-state index contributed by atoms with van der Waals surface area (Å²) in [6.07, 6.45) is 3.30. The molecule has 0 aliphatic carbocycles. The maximum atomic E-state index is 11.4. The van der Waals surface area contributed by atoms with E-state index >= 15 is 0 Å². The van der Waals surface area contributed by atoms with Crippen LogP contribution < -0.4 is 0 Å². The van der Waals surface area contributed by atoms with Crippen molar-refractivity contribution < 1.29 is 5.11 Å². The van der Waals surface area contributed by atoms with Gasteiger partial charge in [-0.05, 0) is 35.6 Å². The molecule has 0 bridgehead atoms. The number of benzene rings is 2. The lowest BCUT2D eigenvalue weighted by atomic mass is 9.80. The van der Waals surface area contributed by atoms with Crippen LogP contribution in [0, 0.1) is 12.8 Å². The van der Waals surface area contributed by atoms with Gasteiger partial charge in [-0.2, -0.15) is 0 Å². The smallest absolute Gasteiger partial charge is 0.133 e. The van der Waals surface area contributed by atoms with Crippen LogP contribution in [0.3, 0.4) is 0 Å². The van der Waals surface area contributed by atoms with Gasteiger partial charge >= 0.3 is 0 Å². The molecule has 3 rings (SSSR count). The van der Waals surface area contributed by atoms with Gasteiger partial charge in [-0.1, -0.05) is 61.9 Å². The third-order valence-corrected chi connectivity index (χ3v) is 4.43. The third kappa shape index (κ3) is 2.80. The number of aromatic amines is 1. The normalized spacial score (nSPS) is 14.0. The highest BCUT2D eigenvalue weighted by molar-refractivity contribution is 5.65. The monoisotopic (exact) mass is 306 g/mol. The van der Waals surface area contributed by atoms with Gasteiger partial charge in [0.1, 0.15) is 5.60 Å². The molecular formula is C20H22N2O. The average Bonchev–Trinajstić information content (AvgIpc) is 3.09. The Labute approximate surface area is 137 Å². The molecule has 1 aromatic heterocycles. The molecular weight excluding hydrogens is 284 g/mol. The molecule has 0 aliphatic rings. The predicted octanol–water partition coefficient (Wildman–Crippen LogP) is 4.28. The van der Waals surface area contributed by atoms with E-state index in [-0.39, 0.29) is 5.92 Å². The first kappa shape index (κ1) is 15.5. The minimum absolute atomic E-state index is 0.0104. The number of aryl methyl sites for hydroxylation is 1. The Morgan fingerprint density at radius 3 is 2.39 bits per heavy atom. The van der Waals surface area contributed by atoms with Crippen LogP contribution in [0.2, 0.25) is 0 Å². The molecule has 1 heterocycles. The molecule has 118 valence electrons. The van der Waals surface area contributed by atoms with Crippen molar-refractivity contribution in [1.29, 1.82) is 0 Å². The van der Waals surface area contributed by atoms with E-state index in [9.17, 15) is 5.11 Å². The summed E-state index contributed by atoms with van der Waals surface area (Å²) in [4.78, 5) is 7.13. The number of hydrogen-bond donors (Lipinski definition) is 2. The van der Waals surface area contributed by atoms with Crippen LogP contribution in [0.15, 0.2) is 61.1 Å². The second-order valence-electron chi connectivity index (χ2n) is 6.33. The Hall–Kier alpha value is -2.39. The van der Waals surface area contributed by atoms with E-state index in [0.717, 1.165) is 16.7 Å². The summed E-state index contributed by atoms with van der Waals surface area (Å²) in [5, 5.41) is 11.4. The van der Waals surface area contributed by atoms with E-state index in [1.54, 1.807) is 12.5 Å². The van der Waals surface area contributed by atoms with E-state index in [2.05, 4.69) is 53.3 Å². The third-order valence-electron chi connectivity index (χ3n) is 4.43. The number of imidazole rings is 1. The van der Waals surface area contributed by atoms with Crippen molar-refractivity contribution in [2.45, 2.75) is 26.4 Å². The predicted molar refractivity (Wildman–Crippen MR) is 93.0 cm³/mol. The van der Waals surface area contributed by atoms with Gasteiger partial charge in [0.25, 0.3) is 0 Å². The molecule has 2 aromatic carbocycles. The number of H-pyrrole nitrogens is 1. The van der Waals surface area contributed by atoms with Crippen LogP contribution in [0.25, 0.3) is 11.1 Å². The highest BCUT2D eigenvalue weighted by Gasteiger charge is 2.36. The highest BCUT2D eigenvalue weighted by Crippen LogP contribution is 2.37. The van der Waals surface area contributed by atoms with Crippen LogP contribution in [-0.4, -0.2) is 15.1 Å². The van der Waals surface area contributed by atoms with Crippen molar-refractivity contribution in [3.05, 3.63) is 77.9 Å². The molecule has 3 aromatic rings. The molecule has 0 spiro atoms. The van der Waals surface area contributed by atoms with E-state index < -0.39 is 5.60 Å². The van der Waals surface area contributed by atoms with Gasteiger partial charge in [-0.15, -0.1) is 0 Å². The number of nitrogens with zero attached hydrogens (tertiary/aromatic N) is 1. The first-order valence-corrected chi connectivity index (χ1v) is 7.90. The van der Waals surface area contributed by atoms with Crippen molar-refractivity contribution >= 4 is 0 Å². The van der Waals surface area contributed by atoms with Gasteiger partial charge in [0.05, 0.1) is 18.2 Å². The van der Waals surface area contributed by atoms with Gasteiger partial charge in [-0.25, -0.2) is 4.98 Å². The summed E-state index contributed by atoms with van der Waals surface area (Å²) in [6, 6.07) is 16.5. The summed E-state index contributed by atoms with van der Waals surface area (Å²) < 4.78 is 0. The first-order chi connectivity index (χ1) is 11.0. The lowest BCUT2D eigenvalue weighted by Crippen LogP contribution is -2.33. The zero-order valence-electron chi connectivity index (χ0n) is 13.7. The van der Waals surface area contributed by atoms with Crippen molar-refractivity contribution in [1.82, 2.24) is 9.97 Å². The number of aliphatic hydroxyl groups is 1. The molecule has 0 fully saturated rings. The number of aromatic nitrogens is 2. The quantitative estimate of drug-likeness (QED) is 0.756. The lowest BCUT2D eigenvalue weighted by Gasteiger charge is -2.32. The second-order valence-corrected chi connectivity index (χ2v) is 6.33. The summed E-state index contributed by atoms with van der Waals surface area (Å²) in [5.74, 6) is 0.0104. The fourth-order valence-corrected chi connectivity index (χ4v) is 2.95. The minimum Gasteiger partial charge on any atom is -0.379 e. The average molecular weight is 306 g/mol. The van der Waals surface area contributed by atoms with Crippen molar-refractivity contribution in [3.8, 4) is 11.1 Å². The van der Waals surface area contributed by atoms with Crippen LogP contribution in [-0.2, 0) is 5.60 Å². The molecule has 2 N–H and O–H groups in total. The molecule has 1 atom stereocenters. The van der Waals surface area contributed by atoms with Crippen molar-refractivity contribution in [2.75, 3.05) is 0 Å². The molecule has 23 heavy (non-hydrogen) atoms.